The van der Waals surface area contributed by atoms with E-state index in [2.05, 4.69) is 0 Å². The molecule has 16 heavy (non-hydrogen) atoms. The molecule has 0 heterocycles. The standard InChI is InChI=1S/C12H8Cl2O2/c13-8-1-4-10(5-2-8)16-12-6-3-9(14)7-11(12)15/h1-7,13H/p+1. The predicted octanol–water partition coefficient (Wildman–Crippen LogP) is 3.53. The molecule has 1 N–H and O–H groups in total. The first kappa shape index (κ1) is 11.1. The summed E-state index contributed by atoms with van der Waals surface area (Å²) in [5, 5.41) is 10.8. The first-order valence-electron chi connectivity index (χ1n) is 4.58. The number of benzene rings is 2. The minimum Gasteiger partial charge on any atom is -0.504 e. The lowest BCUT2D eigenvalue weighted by Crippen LogP contribution is -1.84. The summed E-state index contributed by atoms with van der Waals surface area (Å²) >= 11 is 10.7. The molecule has 0 radical (unpaired) electrons. The number of hydrogen-bond acceptors (Lipinski definition) is 2. The van der Waals surface area contributed by atoms with Gasteiger partial charge in [0.25, 0.3) is 0 Å². The average molecular weight is 256 g/mol. The van der Waals surface area contributed by atoms with Gasteiger partial charge < -0.3 is 9.84 Å². The van der Waals surface area contributed by atoms with Crippen molar-refractivity contribution >= 4 is 11.6 Å². The van der Waals surface area contributed by atoms with E-state index in [1.165, 1.54) is 6.07 Å². The second kappa shape index (κ2) is 4.64. The highest BCUT2D eigenvalue weighted by atomic mass is 35.5. The van der Waals surface area contributed by atoms with Gasteiger partial charge in [0.05, 0.1) is 0 Å². The third-order valence-corrected chi connectivity index (χ3v) is 2.48. The fourth-order valence-corrected chi connectivity index (χ4v) is 1.51. The van der Waals surface area contributed by atoms with Crippen LogP contribution < -0.4 is 4.74 Å². The Morgan fingerprint density at radius 3 is 2.38 bits per heavy atom. The van der Waals surface area contributed by atoms with E-state index >= 15 is 0 Å². The minimum atomic E-state index is 0.00921. The Labute approximate surface area is 103 Å². The van der Waals surface area contributed by atoms with Crippen LogP contribution in [0.15, 0.2) is 42.5 Å². The molecular formula is C12H9Cl2O2+. The van der Waals surface area contributed by atoms with Crippen molar-refractivity contribution in [1.29, 1.82) is 0 Å². The van der Waals surface area contributed by atoms with Crippen LogP contribution in [0.3, 0.4) is 0 Å². The highest BCUT2D eigenvalue weighted by Crippen LogP contribution is 2.32. The van der Waals surface area contributed by atoms with Gasteiger partial charge in [-0.25, -0.2) is 0 Å². The Morgan fingerprint density at radius 2 is 1.75 bits per heavy atom. The maximum atomic E-state index is 9.58. The van der Waals surface area contributed by atoms with Gasteiger partial charge in [0.15, 0.2) is 23.1 Å². The van der Waals surface area contributed by atoms with Crippen LogP contribution in [0, 0.1) is 11.6 Å². The second-order valence-corrected chi connectivity index (χ2v) is 4.09. The molecule has 0 unspecified atom stereocenters. The number of halogens is 2. The van der Waals surface area contributed by atoms with Gasteiger partial charge in [-0.3, -0.25) is 0 Å². The quantitative estimate of drug-likeness (QED) is 0.890. The molecule has 0 bridgehead atoms. The maximum Gasteiger partial charge on any atom is 0.225 e. The summed E-state index contributed by atoms with van der Waals surface area (Å²) in [5.41, 5.74) is 0. The SMILES string of the molecule is Oc1cc(Cl)ccc1Oc1ccc([ClH+])cc1. The molecule has 82 valence electrons. The number of ether oxygens (including phenoxy) is 1. The molecule has 2 aromatic rings. The monoisotopic (exact) mass is 255 g/mol. The molecule has 0 aliphatic heterocycles. The summed E-state index contributed by atoms with van der Waals surface area (Å²) in [6.45, 7) is 0. The highest BCUT2D eigenvalue weighted by molar-refractivity contribution is 6.30. The van der Waals surface area contributed by atoms with E-state index in [9.17, 15) is 5.11 Å². The van der Waals surface area contributed by atoms with Gasteiger partial charge in [0, 0.05) is 23.2 Å². The number of hydrogen-bond donors (Lipinski definition) is 1. The van der Waals surface area contributed by atoms with Crippen LogP contribution in [0.4, 0.5) is 0 Å². The molecule has 0 aromatic heterocycles. The van der Waals surface area contributed by atoms with Crippen LogP contribution in [-0.4, -0.2) is 5.11 Å². The summed E-state index contributed by atoms with van der Waals surface area (Å²) in [5.74, 6) is 0.989. The number of rotatable bonds is 2. The Hall–Kier alpha value is -1.38. The van der Waals surface area contributed by atoms with Crippen molar-refractivity contribution in [3.63, 3.8) is 0 Å². The third-order valence-electron chi connectivity index (χ3n) is 1.97. The summed E-state index contributed by atoms with van der Waals surface area (Å²) in [4.78, 5) is 0. The first-order valence-corrected chi connectivity index (χ1v) is 5.37. The van der Waals surface area contributed by atoms with E-state index in [-0.39, 0.29) is 5.75 Å². The van der Waals surface area contributed by atoms with Gasteiger partial charge in [-0.05, 0) is 24.3 Å². The first-order chi connectivity index (χ1) is 7.65. The van der Waals surface area contributed by atoms with Gasteiger partial charge in [-0.15, -0.1) is 0 Å². The molecule has 0 saturated carbocycles. The van der Waals surface area contributed by atoms with Crippen LogP contribution in [-0.2, 0) is 0 Å². The predicted molar refractivity (Wildman–Crippen MR) is 60.2 cm³/mol. The van der Waals surface area contributed by atoms with Gasteiger partial charge in [-0.2, -0.15) is 0 Å². The fraction of sp³-hybridized carbons (Fsp3) is 0. The van der Waals surface area contributed by atoms with Crippen molar-refractivity contribution in [2.45, 2.75) is 0 Å². The van der Waals surface area contributed by atoms with Crippen molar-refractivity contribution in [2.24, 2.45) is 0 Å². The number of phenolic OH excluding ortho intramolecular Hbond substituents is 1. The van der Waals surface area contributed by atoms with Crippen molar-refractivity contribution in [2.75, 3.05) is 0 Å². The second-order valence-electron chi connectivity index (χ2n) is 3.19. The van der Waals surface area contributed by atoms with Gasteiger partial charge in [0.2, 0.25) is 5.02 Å². The van der Waals surface area contributed by atoms with E-state index in [0.29, 0.717) is 16.5 Å². The lowest BCUT2D eigenvalue weighted by atomic mass is 10.3. The zero-order valence-corrected chi connectivity index (χ0v) is 9.76. The molecule has 2 rings (SSSR count). The van der Waals surface area contributed by atoms with Crippen molar-refractivity contribution in [3.05, 3.63) is 52.5 Å². The van der Waals surface area contributed by atoms with Crippen molar-refractivity contribution < 1.29 is 21.4 Å². The Morgan fingerprint density at radius 1 is 1.06 bits per heavy atom. The topological polar surface area (TPSA) is 29.5 Å². The molecule has 0 spiro atoms. The fourth-order valence-electron chi connectivity index (χ4n) is 1.21. The van der Waals surface area contributed by atoms with Crippen LogP contribution in [0.1, 0.15) is 0 Å². The van der Waals surface area contributed by atoms with E-state index in [0.717, 1.165) is 5.02 Å². The lowest BCUT2D eigenvalue weighted by molar-refractivity contribution is -0.288. The Bertz CT molecular complexity index is 495. The van der Waals surface area contributed by atoms with E-state index in [1.54, 1.807) is 36.4 Å². The summed E-state index contributed by atoms with van der Waals surface area (Å²) in [6.07, 6.45) is 0. The zero-order chi connectivity index (χ0) is 11.5. The lowest BCUT2D eigenvalue weighted by Gasteiger charge is -2.06. The summed E-state index contributed by atoms with van der Waals surface area (Å²) in [6, 6.07) is 11.7. The minimum absolute atomic E-state index is 0.00921. The number of phenols is 1. The van der Waals surface area contributed by atoms with Crippen molar-refractivity contribution in [1.82, 2.24) is 0 Å². The van der Waals surface area contributed by atoms with Gasteiger partial charge in [0.1, 0.15) is 5.75 Å². The smallest absolute Gasteiger partial charge is 0.225 e. The Balaban J connectivity index is 2.23. The van der Waals surface area contributed by atoms with E-state index < -0.39 is 0 Å². The molecule has 0 aliphatic rings. The molecule has 4 heteroatoms. The summed E-state index contributed by atoms with van der Waals surface area (Å²) < 4.78 is 5.46. The maximum absolute atomic E-state index is 9.58. The molecule has 0 atom stereocenters. The molecule has 0 saturated heterocycles. The molecule has 0 fully saturated rings. The Kier molecular flexibility index (Phi) is 3.22. The van der Waals surface area contributed by atoms with E-state index in [1.807, 2.05) is 0 Å². The number of aromatic hydroxyl groups is 1. The largest absolute Gasteiger partial charge is 0.504 e. The molecule has 0 aliphatic carbocycles. The molecule has 2 aromatic carbocycles. The molecular weight excluding hydrogens is 247 g/mol. The van der Waals surface area contributed by atoms with Crippen LogP contribution in [0.2, 0.25) is 10.0 Å². The van der Waals surface area contributed by atoms with Crippen LogP contribution >= 0.6 is 11.6 Å². The van der Waals surface area contributed by atoms with Crippen LogP contribution in [0.5, 0.6) is 17.2 Å². The van der Waals surface area contributed by atoms with E-state index in [4.69, 9.17) is 27.9 Å². The van der Waals surface area contributed by atoms with Crippen molar-refractivity contribution in [3.8, 4) is 17.2 Å². The molecule has 2 nitrogen and oxygen atoms in total. The van der Waals surface area contributed by atoms with Crippen LogP contribution in [0.25, 0.3) is 0 Å². The summed E-state index contributed by atoms with van der Waals surface area (Å²) in [7, 11) is 0. The normalized spacial score (nSPS) is 10.1. The third kappa shape index (κ3) is 2.60. The average Bonchev–Trinajstić information content (AvgIpc) is 2.25. The van der Waals surface area contributed by atoms with Gasteiger partial charge >= 0.3 is 0 Å². The van der Waals surface area contributed by atoms with Gasteiger partial charge in [-0.1, -0.05) is 11.6 Å². The molecule has 0 amide bonds. The zero-order valence-electron chi connectivity index (χ0n) is 8.18. The highest BCUT2D eigenvalue weighted by Gasteiger charge is 2.05.